The van der Waals surface area contributed by atoms with E-state index in [0.717, 1.165) is 16.1 Å². The summed E-state index contributed by atoms with van der Waals surface area (Å²) in [5.74, 6) is 0.132. The lowest BCUT2D eigenvalue weighted by Crippen LogP contribution is -2.51. The topological polar surface area (TPSA) is 137 Å². The molecule has 5 heterocycles. The van der Waals surface area contributed by atoms with Crippen molar-refractivity contribution in [3.05, 3.63) is 46.6 Å². The number of hydrogen-bond acceptors (Lipinski definition) is 11. The summed E-state index contributed by atoms with van der Waals surface area (Å²) in [6.45, 7) is 2.89. The number of rotatable bonds is 6. The number of hydrogen-bond donors (Lipinski definition) is 2. The van der Waals surface area contributed by atoms with Gasteiger partial charge in [-0.15, -0.1) is 0 Å². The van der Waals surface area contributed by atoms with E-state index in [-0.39, 0.29) is 24.2 Å². The molecule has 0 unspecified atom stereocenters. The Labute approximate surface area is 222 Å². The van der Waals surface area contributed by atoms with Gasteiger partial charge in [-0.1, -0.05) is 23.5 Å². The van der Waals surface area contributed by atoms with Crippen LogP contribution in [0.2, 0.25) is 0 Å². The van der Waals surface area contributed by atoms with E-state index < -0.39 is 5.97 Å². The largest absolute Gasteiger partial charge is 0.465 e. The van der Waals surface area contributed by atoms with Crippen molar-refractivity contribution in [2.24, 2.45) is 0 Å². The zero-order valence-corrected chi connectivity index (χ0v) is 21.5. The lowest BCUT2D eigenvalue weighted by atomic mass is 9.97. The third-order valence-electron chi connectivity index (χ3n) is 6.65. The van der Waals surface area contributed by atoms with Gasteiger partial charge in [-0.05, 0) is 12.1 Å². The molecule has 2 amide bonds. The van der Waals surface area contributed by atoms with Crippen LogP contribution in [0.15, 0.2) is 34.9 Å². The summed E-state index contributed by atoms with van der Waals surface area (Å²) in [6, 6.07) is 7.01. The van der Waals surface area contributed by atoms with Crippen LogP contribution < -0.4 is 15.5 Å². The molecular weight excluding hydrogens is 514 g/mol. The fourth-order valence-corrected chi connectivity index (χ4v) is 5.94. The van der Waals surface area contributed by atoms with Gasteiger partial charge in [0.15, 0.2) is 10.9 Å². The molecule has 38 heavy (non-hydrogen) atoms. The molecule has 2 N–H and O–H groups in total. The van der Waals surface area contributed by atoms with Crippen LogP contribution in [0.5, 0.6) is 0 Å². The minimum absolute atomic E-state index is 0.0126. The predicted molar refractivity (Wildman–Crippen MR) is 137 cm³/mol. The number of aromatic nitrogens is 2. The highest BCUT2D eigenvalue weighted by molar-refractivity contribution is 7.16. The quantitative estimate of drug-likeness (QED) is 0.448. The van der Waals surface area contributed by atoms with E-state index in [4.69, 9.17) is 28.3 Å². The summed E-state index contributed by atoms with van der Waals surface area (Å²) in [7, 11) is 1.35. The molecule has 3 atom stereocenters. The summed E-state index contributed by atoms with van der Waals surface area (Å²) in [6.07, 6.45) is 2.13. The molecule has 0 radical (unpaired) electrons. The van der Waals surface area contributed by atoms with Crippen LogP contribution in [0, 0.1) is 0 Å². The Morgan fingerprint density at radius 2 is 2.13 bits per heavy atom. The summed E-state index contributed by atoms with van der Waals surface area (Å²) in [5, 5.41) is 6.18. The number of amides is 2. The zero-order chi connectivity index (χ0) is 26.1. The minimum atomic E-state index is -0.415. The van der Waals surface area contributed by atoms with Crippen molar-refractivity contribution in [1.29, 1.82) is 0 Å². The highest BCUT2D eigenvalue weighted by atomic mass is 32.1. The molecule has 2 aromatic heterocycles. The molecule has 6 rings (SSSR count). The molecule has 2 fully saturated rings. The number of benzene rings is 1. The Hall–Kier alpha value is -3.52. The number of thiazole rings is 1. The van der Waals surface area contributed by atoms with Crippen LogP contribution in [0.4, 0.5) is 15.9 Å². The van der Waals surface area contributed by atoms with E-state index in [0.29, 0.717) is 68.5 Å². The Kier molecular flexibility index (Phi) is 6.98. The van der Waals surface area contributed by atoms with Crippen LogP contribution in [0.1, 0.15) is 27.0 Å². The number of anilines is 2. The van der Waals surface area contributed by atoms with Gasteiger partial charge in [0, 0.05) is 18.5 Å². The lowest BCUT2D eigenvalue weighted by molar-refractivity contribution is -0.0852. The Morgan fingerprint density at radius 1 is 1.21 bits per heavy atom. The first kappa shape index (κ1) is 24.8. The predicted octanol–water partition coefficient (Wildman–Crippen LogP) is 2.62. The number of esters is 1. The molecule has 3 aromatic rings. The Balaban J connectivity index is 1.17. The maximum Gasteiger partial charge on any atom is 0.337 e. The van der Waals surface area contributed by atoms with E-state index >= 15 is 0 Å². The van der Waals surface area contributed by atoms with Crippen molar-refractivity contribution in [1.82, 2.24) is 15.3 Å². The number of nitrogens with zero attached hydrogens (tertiary/aromatic N) is 3. The van der Waals surface area contributed by atoms with E-state index in [2.05, 4.69) is 20.5 Å². The van der Waals surface area contributed by atoms with E-state index in [9.17, 15) is 9.59 Å². The van der Waals surface area contributed by atoms with Gasteiger partial charge in [0.25, 0.3) is 6.01 Å². The van der Waals surface area contributed by atoms with Gasteiger partial charge in [0.05, 0.1) is 80.7 Å². The number of ether oxygens (including phenoxy) is 4. The molecule has 3 aliphatic rings. The van der Waals surface area contributed by atoms with E-state index in [1.165, 1.54) is 18.4 Å². The standard InChI is InChI=1S/C25H27N5O7S/c1-33-22(31)15-4-2-3-14(7-15)20-10-27-25(37-20)30-16-8-18-21(19(30)13-35-11-16)38-24(28-18)29-23(32)26-9-17-12-34-5-6-36-17/h2-4,7,10,16-17,19H,5-6,8-9,11-13H2,1H3,(H2,26,28,29,32)/t16-,17-,19-/m0/s1. The van der Waals surface area contributed by atoms with Crippen LogP contribution >= 0.6 is 11.3 Å². The van der Waals surface area contributed by atoms with Gasteiger partial charge in [-0.2, -0.15) is 0 Å². The molecule has 1 aromatic carbocycles. The van der Waals surface area contributed by atoms with Gasteiger partial charge >= 0.3 is 12.0 Å². The summed E-state index contributed by atoms with van der Waals surface area (Å²) in [5.41, 5.74) is 2.11. The van der Waals surface area contributed by atoms with Crippen molar-refractivity contribution in [3.8, 4) is 11.3 Å². The van der Waals surface area contributed by atoms with Gasteiger partial charge in [0.2, 0.25) is 0 Å². The molecule has 200 valence electrons. The van der Waals surface area contributed by atoms with Gasteiger partial charge < -0.3 is 33.6 Å². The third kappa shape index (κ3) is 4.97. The smallest absolute Gasteiger partial charge is 0.337 e. The zero-order valence-electron chi connectivity index (χ0n) is 20.7. The average molecular weight is 542 g/mol. The molecule has 0 spiro atoms. The highest BCUT2D eigenvalue weighted by Gasteiger charge is 2.42. The maximum absolute atomic E-state index is 12.5. The van der Waals surface area contributed by atoms with Crippen LogP contribution in [-0.4, -0.2) is 80.8 Å². The van der Waals surface area contributed by atoms with Crippen molar-refractivity contribution in [3.63, 3.8) is 0 Å². The normalized spacial score (nSPS) is 22.4. The number of carbonyl (C=O) groups is 2. The van der Waals surface area contributed by atoms with Crippen molar-refractivity contribution in [2.45, 2.75) is 24.6 Å². The minimum Gasteiger partial charge on any atom is -0.465 e. The number of morpholine rings is 1. The van der Waals surface area contributed by atoms with Crippen LogP contribution in [0.3, 0.4) is 0 Å². The van der Waals surface area contributed by atoms with E-state index in [1.54, 1.807) is 24.4 Å². The summed E-state index contributed by atoms with van der Waals surface area (Å²) in [4.78, 5) is 36.8. The second-order valence-corrected chi connectivity index (χ2v) is 10.2. The van der Waals surface area contributed by atoms with Gasteiger partial charge in [-0.25, -0.2) is 19.6 Å². The monoisotopic (exact) mass is 541 g/mol. The highest BCUT2D eigenvalue weighted by Crippen LogP contribution is 2.43. The first-order valence-corrected chi connectivity index (χ1v) is 13.1. The number of fused-ring (bicyclic) bond motifs is 4. The Morgan fingerprint density at radius 3 is 2.97 bits per heavy atom. The molecule has 12 nitrogen and oxygen atoms in total. The first-order valence-electron chi connectivity index (χ1n) is 12.3. The molecule has 0 aliphatic carbocycles. The molecule has 3 aliphatic heterocycles. The average Bonchev–Trinajstić information content (AvgIpc) is 3.59. The summed E-state index contributed by atoms with van der Waals surface area (Å²) >= 11 is 1.42. The van der Waals surface area contributed by atoms with Crippen molar-refractivity contribution in [2.75, 3.05) is 56.9 Å². The molecule has 2 saturated heterocycles. The molecular formula is C25H27N5O7S. The number of carbonyl (C=O) groups excluding carboxylic acids is 2. The van der Waals surface area contributed by atoms with Crippen LogP contribution in [0.25, 0.3) is 11.3 Å². The number of oxazole rings is 1. The molecule has 0 saturated carbocycles. The van der Waals surface area contributed by atoms with Crippen molar-refractivity contribution < 1.29 is 33.0 Å². The second kappa shape index (κ2) is 10.7. The Bertz CT molecular complexity index is 1320. The molecule has 13 heteroatoms. The lowest BCUT2D eigenvalue weighted by Gasteiger charge is -2.43. The molecule has 2 bridgehead atoms. The number of urea groups is 1. The maximum atomic E-state index is 12.5. The number of methoxy groups -OCH3 is 1. The fourth-order valence-electron chi connectivity index (χ4n) is 4.86. The van der Waals surface area contributed by atoms with Crippen LogP contribution in [-0.2, 0) is 25.4 Å². The van der Waals surface area contributed by atoms with Crippen molar-refractivity contribution >= 4 is 34.5 Å². The second-order valence-electron chi connectivity index (χ2n) is 9.13. The number of nitrogens with one attached hydrogen (secondary N) is 2. The van der Waals surface area contributed by atoms with Gasteiger partial charge in [-0.3, -0.25) is 5.32 Å². The SMILES string of the molecule is COC(=O)c1cccc(-c2cnc(N3[C@@H]4COC[C@H]3c3sc(NC(=O)NC[C@H]5COCCO5)nc3C4)o2)c1. The third-order valence-corrected chi connectivity index (χ3v) is 7.77. The van der Waals surface area contributed by atoms with E-state index in [1.807, 2.05) is 6.07 Å². The fraction of sp³-hybridized carbons (Fsp3) is 0.440. The summed E-state index contributed by atoms with van der Waals surface area (Å²) < 4.78 is 27.8. The van der Waals surface area contributed by atoms with Gasteiger partial charge in [0.1, 0.15) is 0 Å². The first-order chi connectivity index (χ1) is 18.6.